The summed E-state index contributed by atoms with van der Waals surface area (Å²) in [6.07, 6.45) is -3.17. The van der Waals surface area contributed by atoms with E-state index < -0.39 is 12.6 Å². The summed E-state index contributed by atoms with van der Waals surface area (Å²) in [7, 11) is 1.42. The van der Waals surface area contributed by atoms with Crippen LogP contribution in [0.1, 0.15) is 19.3 Å². The number of ether oxygens (including phenoxy) is 1. The first-order chi connectivity index (χ1) is 8.44. The Balaban J connectivity index is 2.38. The molecule has 8 heteroatoms. The van der Waals surface area contributed by atoms with E-state index in [0.29, 0.717) is 24.5 Å². The molecule has 0 aromatic carbocycles. The highest BCUT2D eigenvalue weighted by molar-refractivity contribution is 5.61. The molecule has 0 bridgehead atoms. The van der Waals surface area contributed by atoms with Crippen LogP contribution in [0.4, 0.5) is 24.8 Å². The second-order valence-electron chi connectivity index (χ2n) is 3.64. The van der Waals surface area contributed by atoms with E-state index in [1.165, 1.54) is 13.4 Å². The zero-order valence-corrected chi connectivity index (χ0v) is 9.92. The fraction of sp³-hybridized carbons (Fsp3) is 0.600. The molecule has 1 aromatic heterocycles. The van der Waals surface area contributed by atoms with Crippen LogP contribution < -0.4 is 15.8 Å². The van der Waals surface area contributed by atoms with Gasteiger partial charge in [0, 0.05) is 13.0 Å². The molecule has 0 fully saturated rings. The molecule has 1 aromatic rings. The molecule has 1 heterocycles. The van der Waals surface area contributed by atoms with Crippen molar-refractivity contribution in [1.29, 1.82) is 0 Å². The molecule has 1 rings (SSSR count). The maximum atomic E-state index is 11.9. The van der Waals surface area contributed by atoms with Gasteiger partial charge in [0.2, 0.25) is 5.75 Å². The Kier molecular flexibility index (Phi) is 4.99. The zero-order valence-electron chi connectivity index (χ0n) is 9.92. The first-order valence-corrected chi connectivity index (χ1v) is 5.39. The lowest BCUT2D eigenvalue weighted by Crippen LogP contribution is -2.10. The van der Waals surface area contributed by atoms with E-state index in [2.05, 4.69) is 15.3 Å². The lowest BCUT2D eigenvalue weighted by atomic mass is 10.2. The molecule has 0 aliphatic carbocycles. The number of nitrogens with zero attached hydrogens (tertiary/aromatic N) is 2. The minimum Gasteiger partial charge on any atom is -0.490 e. The minimum atomic E-state index is -4.10. The van der Waals surface area contributed by atoms with Crippen molar-refractivity contribution in [3.8, 4) is 5.75 Å². The predicted molar refractivity (Wildman–Crippen MR) is 61.4 cm³/mol. The molecule has 3 N–H and O–H groups in total. The Labute approximate surface area is 103 Å². The van der Waals surface area contributed by atoms with E-state index in [1.54, 1.807) is 0 Å². The van der Waals surface area contributed by atoms with E-state index in [9.17, 15) is 13.2 Å². The standard InChI is InChI=1S/C10H15F3N4O/c1-18-7-8(14)16-6-17-9(7)15-5-3-2-4-10(11,12)13/h6H,2-5H2,1H3,(H3,14,15,16,17). The van der Waals surface area contributed by atoms with Gasteiger partial charge in [0.15, 0.2) is 11.6 Å². The highest BCUT2D eigenvalue weighted by Crippen LogP contribution is 2.26. The number of anilines is 2. The third kappa shape index (κ3) is 4.64. The van der Waals surface area contributed by atoms with Crippen LogP contribution in [0.5, 0.6) is 5.75 Å². The number of hydrogen-bond acceptors (Lipinski definition) is 5. The fourth-order valence-corrected chi connectivity index (χ4v) is 1.37. The summed E-state index contributed by atoms with van der Waals surface area (Å²) in [4.78, 5) is 7.65. The largest absolute Gasteiger partial charge is 0.490 e. The highest BCUT2D eigenvalue weighted by atomic mass is 19.4. The van der Waals surface area contributed by atoms with Crippen molar-refractivity contribution in [3.05, 3.63) is 6.33 Å². The quantitative estimate of drug-likeness (QED) is 0.771. The normalized spacial score (nSPS) is 11.3. The van der Waals surface area contributed by atoms with Crippen molar-refractivity contribution >= 4 is 11.6 Å². The van der Waals surface area contributed by atoms with Crippen molar-refractivity contribution in [2.45, 2.75) is 25.4 Å². The lowest BCUT2D eigenvalue weighted by molar-refractivity contribution is -0.135. The number of methoxy groups -OCH3 is 1. The Morgan fingerprint density at radius 2 is 2.06 bits per heavy atom. The number of halogens is 3. The number of nitrogens with one attached hydrogen (secondary N) is 1. The van der Waals surface area contributed by atoms with Gasteiger partial charge in [-0.05, 0) is 12.8 Å². The predicted octanol–water partition coefficient (Wildman–Crippen LogP) is 2.21. The summed E-state index contributed by atoms with van der Waals surface area (Å²) < 4.78 is 40.7. The summed E-state index contributed by atoms with van der Waals surface area (Å²) in [6, 6.07) is 0. The average Bonchev–Trinajstić information content (AvgIpc) is 2.27. The zero-order chi connectivity index (χ0) is 13.6. The lowest BCUT2D eigenvalue weighted by Gasteiger charge is -2.11. The average molecular weight is 264 g/mol. The van der Waals surface area contributed by atoms with Gasteiger partial charge in [-0.3, -0.25) is 0 Å². The number of nitrogen functional groups attached to an aromatic ring is 1. The van der Waals surface area contributed by atoms with Crippen molar-refractivity contribution in [2.24, 2.45) is 0 Å². The van der Waals surface area contributed by atoms with E-state index in [-0.39, 0.29) is 12.2 Å². The van der Waals surface area contributed by atoms with Crippen molar-refractivity contribution < 1.29 is 17.9 Å². The van der Waals surface area contributed by atoms with Crippen LogP contribution >= 0.6 is 0 Å². The van der Waals surface area contributed by atoms with Crippen LogP contribution in [0.2, 0.25) is 0 Å². The summed E-state index contributed by atoms with van der Waals surface area (Å²) in [5, 5.41) is 2.87. The molecule has 102 valence electrons. The first-order valence-electron chi connectivity index (χ1n) is 5.39. The molecule has 0 spiro atoms. The second-order valence-corrected chi connectivity index (χ2v) is 3.64. The Morgan fingerprint density at radius 1 is 1.33 bits per heavy atom. The summed E-state index contributed by atoms with van der Waals surface area (Å²) in [6.45, 7) is 0.364. The summed E-state index contributed by atoms with van der Waals surface area (Å²) in [5.41, 5.74) is 5.55. The molecule has 18 heavy (non-hydrogen) atoms. The number of nitrogens with two attached hydrogens (primary N) is 1. The Hall–Kier alpha value is -1.73. The first kappa shape index (κ1) is 14.3. The van der Waals surface area contributed by atoms with Gasteiger partial charge < -0.3 is 15.8 Å². The molecule has 0 aliphatic rings. The molecule has 0 aliphatic heterocycles. The minimum absolute atomic E-state index is 0.0688. The van der Waals surface area contributed by atoms with Crippen LogP contribution in [0.3, 0.4) is 0 Å². The molecule has 0 amide bonds. The second kappa shape index (κ2) is 6.27. The highest BCUT2D eigenvalue weighted by Gasteiger charge is 2.25. The third-order valence-electron chi connectivity index (χ3n) is 2.21. The van der Waals surface area contributed by atoms with Gasteiger partial charge in [-0.2, -0.15) is 13.2 Å². The maximum Gasteiger partial charge on any atom is 0.389 e. The van der Waals surface area contributed by atoms with Crippen LogP contribution in [-0.4, -0.2) is 29.8 Å². The molecule has 5 nitrogen and oxygen atoms in total. The van der Waals surface area contributed by atoms with E-state index in [1.807, 2.05) is 0 Å². The fourth-order valence-electron chi connectivity index (χ4n) is 1.37. The van der Waals surface area contributed by atoms with E-state index in [0.717, 1.165) is 0 Å². The van der Waals surface area contributed by atoms with Gasteiger partial charge in [-0.15, -0.1) is 0 Å². The van der Waals surface area contributed by atoms with Crippen molar-refractivity contribution in [1.82, 2.24) is 9.97 Å². The van der Waals surface area contributed by atoms with Crippen molar-refractivity contribution in [3.63, 3.8) is 0 Å². The Morgan fingerprint density at radius 3 is 2.67 bits per heavy atom. The Bertz CT molecular complexity index is 384. The van der Waals surface area contributed by atoms with E-state index >= 15 is 0 Å². The van der Waals surface area contributed by atoms with Crippen LogP contribution in [0, 0.1) is 0 Å². The van der Waals surface area contributed by atoms with Gasteiger partial charge in [0.05, 0.1) is 7.11 Å². The molecule has 0 atom stereocenters. The molecule has 0 unspecified atom stereocenters. The van der Waals surface area contributed by atoms with Gasteiger partial charge >= 0.3 is 6.18 Å². The number of aromatic nitrogens is 2. The van der Waals surface area contributed by atoms with Crippen LogP contribution in [0.25, 0.3) is 0 Å². The maximum absolute atomic E-state index is 11.9. The summed E-state index contributed by atoms with van der Waals surface area (Å²) >= 11 is 0. The monoisotopic (exact) mass is 264 g/mol. The van der Waals surface area contributed by atoms with Gasteiger partial charge in [0.25, 0.3) is 0 Å². The smallest absolute Gasteiger partial charge is 0.389 e. The molecular formula is C10H15F3N4O. The van der Waals surface area contributed by atoms with Gasteiger partial charge in [0.1, 0.15) is 6.33 Å². The third-order valence-corrected chi connectivity index (χ3v) is 2.21. The molecular weight excluding hydrogens is 249 g/mol. The molecule has 0 radical (unpaired) electrons. The molecule has 0 saturated heterocycles. The SMILES string of the molecule is COc1c(N)ncnc1NCCCCC(F)(F)F. The van der Waals surface area contributed by atoms with Gasteiger partial charge in [-0.25, -0.2) is 9.97 Å². The van der Waals surface area contributed by atoms with Crippen molar-refractivity contribution in [2.75, 3.05) is 24.7 Å². The number of unbranched alkanes of at least 4 members (excludes halogenated alkanes) is 1. The summed E-state index contributed by atoms with van der Waals surface area (Å²) in [5.74, 6) is 0.871. The van der Waals surface area contributed by atoms with E-state index in [4.69, 9.17) is 10.5 Å². The topological polar surface area (TPSA) is 73.1 Å². The van der Waals surface area contributed by atoms with Crippen LogP contribution in [0.15, 0.2) is 6.33 Å². The number of alkyl halides is 3. The number of hydrogen-bond donors (Lipinski definition) is 2. The molecule has 0 saturated carbocycles. The van der Waals surface area contributed by atoms with Crippen LogP contribution in [-0.2, 0) is 0 Å². The van der Waals surface area contributed by atoms with Gasteiger partial charge in [-0.1, -0.05) is 0 Å². The number of rotatable bonds is 6.